The Bertz CT molecular complexity index is 753. The first kappa shape index (κ1) is 20.6. The third kappa shape index (κ3) is 5.67. The Morgan fingerprint density at radius 2 is 1.54 bits per heavy atom. The molecule has 1 aromatic heterocycles. The molecule has 0 aliphatic heterocycles. The molecule has 0 radical (unpaired) electrons. The number of rotatable bonds is 13. The van der Waals surface area contributed by atoms with Crippen LogP contribution in [0.2, 0.25) is 0 Å². The maximum absolute atomic E-state index is 9.24. The first-order valence-corrected chi connectivity index (χ1v) is 11.1. The van der Waals surface area contributed by atoms with E-state index in [0.29, 0.717) is 11.7 Å². The van der Waals surface area contributed by atoms with Crippen LogP contribution in [0.3, 0.4) is 0 Å². The zero-order chi connectivity index (χ0) is 19.7. The van der Waals surface area contributed by atoms with Gasteiger partial charge in [0.1, 0.15) is 5.41 Å². The molecular formula is C24H33N3O. The lowest BCUT2D eigenvalue weighted by molar-refractivity contribution is 0.365. The van der Waals surface area contributed by atoms with Crippen LogP contribution >= 0.6 is 0 Å². The summed E-state index contributed by atoms with van der Waals surface area (Å²) in [5, 5.41) is 13.3. The highest BCUT2D eigenvalue weighted by Crippen LogP contribution is 2.46. The van der Waals surface area contributed by atoms with E-state index in [0.717, 1.165) is 24.8 Å². The van der Waals surface area contributed by atoms with E-state index in [1.165, 1.54) is 69.8 Å². The monoisotopic (exact) mass is 379 g/mol. The lowest BCUT2D eigenvalue weighted by Crippen LogP contribution is -2.02. The van der Waals surface area contributed by atoms with Crippen LogP contribution in [0, 0.1) is 11.3 Å². The van der Waals surface area contributed by atoms with E-state index in [-0.39, 0.29) is 0 Å². The van der Waals surface area contributed by atoms with Crippen molar-refractivity contribution in [2.24, 2.45) is 0 Å². The standard InChI is InChI=1S/C24H33N3O/c1-2-3-4-5-6-7-8-9-10-11-12-20-13-15-21(16-14-20)22-26-23(28-27-22)24(19-25)17-18-24/h13-16H,2-12,17-18H2,1H3. The van der Waals surface area contributed by atoms with Gasteiger partial charge in [-0.2, -0.15) is 10.2 Å². The molecule has 28 heavy (non-hydrogen) atoms. The Balaban J connectivity index is 1.33. The topological polar surface area (TPSA) is 62.7 Å². The minimum Gasteiger partial charge on any atom is -0.337 e. The van der Waals surface area contributed by atoms with Crippen molar-refractivity contribution in [1.82, 2.24) is 10.1 Å². The molecule has 0 spiro atoms. The number of aryl methyl sites for hydroxylation is 1. The van der Waals surface area contributed by atoms with Crippen molar-refractivity contribution in [1.29, 1.82) is 5.26 Å². The average molecular weight is 380 g/mol. The summed E-state index contributed by atoms with van der Waals surface area (Å²) in [6.45, 7) is 2.27. The van der Waals surface area contributed by atoms with Crippen molar-refractivity contribution >= 4 is 0 Å². The third-order valence-electron chi connectivity index (χ3n) is 5.83. The maximum atomic E-state index is 9.24. The molecule has 4 heteroatoms. The number of unbranched alkanes of at least 4 members (excludes halogenated alkanes) is 9. The molecule has 0 unspecified atom stereocenters. The lowest BCUT2D eigenvalue weighted by Gasteiger charge is -2.04. The molecule has 1 fully saturated rings. The van der Waals surface area contributed by atoms with Gasteiger partial charge in [0.25, 0.3) is 0 Å². The van der Waals surface area contributed by atoms with Crippen LogP contribution in [0.1, 0.15) is 95.4 Å². The normalized spacial score (nSPS) is 14.7. The van der Waals surface area contributed by atoms with Crippen molar-refractivity contribution in [2.75, 3.05) is 0 Å². The first-order valence-electron chi connectivity index (χ1n) is 11.1. The molecule has 0 atom stereocenters. The molecule has 1 heterocycles. The molecule has 4 nitrogen and oxygen atoms in total. The van der Waals surface area contributed by atoms with Crippen LogP contribution in [0.25, 0.3) is 11.4 Å². The summed E-state index contributed by atoms with van der Waals surface area (Å²) in [6.07, 6.45) is 16.5. The minimum atomic E-state index is -0.513. The van der Waals surface area contributed by atoms with Crippen molar-refractivity contribution < 1.29 is 4.52 Å². The van der Waals surface area contributed by atoms with E-state index in [9.17, 15) is 5.26 Å². The largest absolute Gasteiger partial charge is 0.337 e. The Morgan fingerprint density at radius 3 is 2.11 bits per heavy atom. The van der Waals surface area contributed by atoms with Gasteiger partial charge < -0.3 is 4.52 Å². The second-order valence-electron chi connectivity index (χ2n) is 8.25. The zero-order valence-electron chi connectivity index (χ0n) is 17.3. The van der Waals surface area contributed by atoms with Gasteiger partial charge in [0, 0.05) is 5.56 Å². The molecule has 1 aliphatic carbocycles. The fourth-order valence-corrected chi connectivity index (χ4v) is 3.67. The van der Waals surface area contributed by atoms with Crippen LogP contribution < -0.4 is 0 Å². The van der Waals surface area contributed by atoms with E-state index < -0.39 is 5.41 Å². The second kappa shape index (κ2) is 10.4. The van der Waals surface area contributed by atoms with Crippen molar-refractivity contribution in [3.63, 3.8) is 0 Å². The molecule has 0 bridgehead atoms. The molecule has 150 valence electrons. The third-order valence-corrected chi connectivity index (χ3v) is 5.83. The van der Waals surface area contributed by atoms with Gasteiger partial charge in [-0.15, -0.1) is 0 Å². The number of benzene rings is 1. The van der Waals surface area contributed by atoms with Crippen molar-refractivity contribution in [3.8, 4) is 17.5 Å². The highest BCUT2D eigenvalue weighted by Gasteiger charge is 2.50. The highest BCUT2D eigenvalue weighted by atomic mass is 16.5. The smallest absolute Gasteiger partial charge is 0.247 e. The second-order valence-corrected chi connectivity index (χ2v) is 8.25. The predicted octanol–water partition coefficient (Wildman–Crippen LogP) is 6.76. The summed E-state index contributed by atoms with van der Waals surface area (Å²) in [5.74, 6) is 1.06. The lowest BCUT2D eigenvalue weighted by atomic mass is 10.0. The number of aromatic nitrogens is 2. The summed E-state index contributed by atoms with van der Waals surface area (Å²) >= 11 is 0. The number of hydrogen-bond acceptors (Lipinski definition) is 4. The molecule has 3 rings (SSSR count). The number of nitriles is 1. The van der Waals surface area contributed by atoms with Crippen LogP contribution in [0.5, 0.6) is 0 Å². The molecular weight excluding hydrogens is 346 g/mol. The average Bonchev–Trinajstić information content (AvgIpc) is 3.38. The van der Waals surface area contributed by atoms with Crippen LogP contribution in [0.15, 0.2) is 28.8 Å². The quantitative estimate of drug-likeness (QED) is 0.361. The van der Waals surface area contributed by atoms with Gasteiger partial charge >= 0.3 is 0 Å². The molecule has 0 saturated heterocycles. The van der Waals surface area contributed by atoms with E-state index in [1.54, 1.807) is 0 Å². The molecule has 0 N–H and O–H groups in total. The summed E-state index contributed by atoms with van der Waals surface area (Å²) in [4.78, 5) is 4.44. The van der Waals surface area contributed by atoms with Gasteiger partial charge in [0.2, 0.25) is 11.7 Å². The fraction of sp³-hybridized carbons (Fsp3) is 0.625. The number of hydrogen-bond donors (Lipinski definition) is 0. The zero-order valence-corrected chi connectivity index (χ0v) is 17.3. The van der Waals surface area contributed by atoms with Crippen LogP contribution in [-0.2, 0) is 11.8 Å². The molecule has 1 aliphatic rings. The Morgan fingerprint density at radius 1 is 0.929 bits per heavy atom. The van der Waals surface area contributed by atoms with Crippen LogP contribution in [0.4, 0.5) is 0 Å². The molecule has 1 saturated carbocycles. The molecule has 1 aromatic carbocycles. The van der Waals surface area contributed by atoms with E-state index >= 15 is 0 Å². The van der Waals surface area contributed by atoms with E-state index in [1.807, 2.05) is 0 Å². The van der Waals surface area contributed by atoms with Gasteiger partial charge in [-0.25, -0.2) is 0 Å². The highest BCUT2D eigenvalue weighted by molar-refractivity contribution is 5.55. The van der Waals surface area contributed by atoms with Crippen molar-refractivity contribution in [3.05, 3.63) is 35.7 Å². The van der Waals surface area contributed by atoms with Gasteiger partial charge in [-0.05, 0) is 31.2 Å². The fourth-order valence-electron chi connectivity index (χ4n) is 3.67. The summed E-state index contributed by atoms with van der Waals surface area (Å²) in [6, 6.07) is 10.7. The number of nitrogens with zero attached hydrogens (tertiary/aromatic N) is 3. The summed E-state index contributed by atoms with van der Waals surface area (Å²) in [7, 11) is 0. The van der Waals surface area contributed by atoms with Crippen LogP contribution in [-0.4, -0.2) is 10.1 Å². The Kier molecular flexibility index (Phi) is 7.65. The van der Waals surface area contributed by atoms with Crippen molar-refractivity contribution in [2.45, 2.75) is 95.8 Å². The van der Waals surface area contributed by atoms with Gasteiger partial charge in [-0.1, -0.05) is 94.1 Å². The minimum absolute atomic E-state index is 0.472. The molecule has 2 aromatic rings. The van der Waals surface area contributed by atoms with Gasteiger partial charge in [-0.3, -0.25) is 0 Å². The van der Waals surface area contributed by atoms with E-state index in [4.69, 9.17) is 4.52 Å². The van der Waals surface area contributed by atoms with Gasteiger partial charge in [0.05, 0.1) is 6.07 Å². The summed E-state index contributed by atoms with van der Waals surface area (Å²) in [5.41, 5.74) is 1.80. The van der Waals surface area contributed by atoms with E-state index in [2.05, 4.69) is 47.4 Å². The van der Waals surface area contributed by atoms with Gasteiger partial charge in [0.15, 0.2) is 0 Å². The summed E-state index contributed by atoms with van der Waals surface area (Å²) < 4.78 is 5.32. The molecule has 0 amide bonds. The first-order chi connectivity index (χ1) is 13.8. The SMILES string of the molecule is CCCCCCCCCCCCc1ccc(-c2noc(C3(C#N)CC3)n2)cc1. The Labute approximate surface area is 169 Å². The predicted molar refractivity (Wildman–Crippen MR) is 112 cm³/mol. The maximum Gasteiger partial charge on any atom is 0.247 e. The Hall–Kier alpha value is -2.15.